The average molecular weight is 373 g/mol. The Hall–Kier alpha value is -3.10. The molecule has 1 aliphatic rings. The summed E-state index contributed by atoms with van der Waals surface area (Å²) in [6.45, 7) is 2.12. The van der Waals surface area contributed by atoms with E-state index in [-0.39, 0.29) is 5.56 Å². The van der Waals surface area contributed by atoms with Gasteiger partial charge in [0.05, 0.1) is 7.11 Å². The summed E-state index contributed by atoms with van der Waals surface area (Å²) in [6, 6.07) is 17.5. The van der Waals surface area contributed by atoms with Crippen molar-refractivity contribution in [1.82, 2.24) is 9.88 Å². The molecule has 0 atom stereocenters. The summed E-state index contributed by atoms with van der Waals surface area (Å²) in [5, 5.41) is 14.7. The van der Waals surface area contributed by atoms with Crippen molar-refractivity contribution >= 4 is 10.8 Å². The van der Waals surface area contributed by atoms with Gasteiger partial charge in [0.25, 0.3) is 5.56 Å². The monoisotopic (exact) mass is 373 g/mol. The summed E-state index contributed by atoms with van der Waals surface area (Å²) >= 11 is 0. The maximum Gasteiger partial charge on any atom is 0.259 e. The van der Waals surface area contributed by atoms with E-state index in [2.05, 4.69) is 11.4 Å². The zero-order valence-corrected chi connectivity index (χ0v) is 15.9. The minimum absolute atomic E-state index is 0.137. The van der Waals surface area contributed by atoms with Crippen LogP contribution in [0.25, 0.3) is 21.9 Å². The lowest BCUT2D eigenvalue weighted by molar-refractivity contribution is 0.415. The molecule has 28 heavy (non-hydrogen) atoms. The number of rotatable bonds is 7. The highest BCUT2D eigenvalue weighted by Gasteiger charge is 2.21. The number of pyridine rings is 1. The molecule has 5 nitrogen and oxygen atoms in total. The van der Waals surface area contributed by atoms with Crippen LogP contribution in [-0.4, -0.2) is 24.8 Å². The summed E-state index contributed by atoms with van der Waals surface area (Å²) in [5.41, 5.74) is 1.95. The minimum atomic E-state index is -0.137. The fraction of sp³-hybridized carbons (Fsp3) is 0.304. The highest BCUT2D eigenvalue weighted by molar-refractivity contribution is 5.99. The van der Waals surface area contributed by atoms with Crippen molar-refractivity contribution in [3.63, 3.8) is 0 Å². The smallest absolute Gasteiger partial charge is 0.259 e. The fourth-order valence-corrected chi connectivity index (χ4v) is 3.60. The maximum atomic E-state index is 13.2. The van der Waals surface area contributed by atoms with Crippen LogP contribution in [0.4, 0.5) is 0 Å². The number of nitriles is 1. The van der Waals surface area contributed by atoms with Gasteiger partial charge in [0.2, 0.25) is 0 Å². The molecule has 1 heterocycles. The molecule has 1 aliphatic carbocycles. The summed E-state index contributed by atoms with van der Waals surface area (Å²) in [6.07, 6.45) is 2.57. The van der Waals surface area contributed by atoms with Gasteiger partial charge < -0.3 is 10.1 Å². The van der Waals surface area contributed by atoms with Gasteiger partial charge in [0, 0.05) is 29.4 Å². The lowest BCUT2D eigenvalue weighted by atomic mass is 9.97. The van der Waals surface area contributed by atoms with Crippen LogP contribution in [0.3, 0.4) is 0 Å². The van der Waals surface area contributed by atoms with Crippen molar-refractivity contribution in [2.45, 2.75) is 19.4 Å². The molecule has 0 spiro atoms. The van der Waals surface area contributed by atoms with Crippen LogP contribution in [-0.2, 0) is 6.54 Å². The SMILES string of the molecule is COc1ccc2c(=O)n(CCNCC3CC3)c(C#N)c(-c3ccccc3)c2c1. The summed E-state index contributed by atoms with van der Waals surface area (Å²) in [5.74, 6) is 1.44. The number of nitrogens with one attached hydrogen (secondary N) is 1. The quantitative estimate of drug-likeness (QED) is 0.643. The third-order valence-corrected chi connectivity index (χ3v) is 5.29. The maximum absolute atomic E-state index is 13.2. The largest absolute Gasteiger partial charge is 0.497 e. The number of aromatic nitrogens is 1. The minimum Gasteiger partial charge on any atom is -0.497 e. The molecule has 3 aromatic rings. The Morgan fingerprint density at radius 3 is 2.64 bits per heavy atom. The zero-order chi connectivity index (χ0) is 19.5. The zero-order valence-electron chi connectivity index (χ0n) is 15.9. The first-order valence-corrected chi connectivity index (χ1v) is 9.63. The number of nitrogens with zero attached hydrogens (tertiary/aromatic N) is 2. The Morgan fingerprint density at radius 2 is 1.96 bits per heavy atom. The number of methoxy groups -OCH3 is 1. The molecule has 4 rings (SSSR count). The van der Waals surface area contributed by atoms with Crippen LogP contribution < -0.4 is 15.6 Å². The normalized spacial score (nSPS) is 13.4. The van der Waals surface area contributed by atoms with Gasteiger partial charge in [0.1, 0.15) is 17.5 Å². The van der Waals surface area contributed by atoms with Gasteiger partial charge in [-0.1, -0.05) is 30.3 Å². The van der Waals surface area contributed by atoms with E-state index in [4.69, 9.17) is 4.74 Å². The Labute approximate surface area is 164 Å². The van der Waals surface area contributed by atoms with Gasteiger partial charge in [-0.3, -0.25) is 9.36 Å². The second-order valence-electron chi connectivity index (χ2n) is 7.22. The molecule has 5 heteroatoms. The highest BCUT2D eigenvalue weighted by Crippen LogP contribution is 2.32. The Kier molecular flexibility index (Phi) is 5.14. The molecule has 0 saturated heterocycles. The number of benzene rings is 2. The lowest BCUT2D eigenvalue weighted by Crippen LogP contribution is -2.30. The Balaban J connectivity index is 1.87. The fourth-order valence-electron chi connectivity index (χ4n) is 3.60. The molecule has 0 bridgehead atoms. The highest BCUT2D eigenvalue weighted by atomic mass is 16.5. The molecule has 0 aliphatic heterocycles. The van der Waals surface area contributed by atoms with Crippen LogP contribution in [0, 0.1) is 17.2 Å². The van der Waals surface area contributed by atoms with Gasteiger partial charge in [-0.15, -0.1) is 0 Å². The van der Waals surface area contributed by atoms with Crippen LogP contribution in [0.5, 0.6) is 5.75 Å². The second kappa shape index (κ2) is 7.87. The van der Waals surface area contributed by atoms with Crippen LogP contribution in [0.15, 0.2) is 53.3 Å². The van der Waals surface area contributed by atoms with E-state index in [9.17, 15) is 10.1 Å². The van der Waals surface area contributed by atoms with E-state index in [0.717, 1.165) is 29.0 Å². The molecule has 0 amide bonds. The van der Waals surface area contributed by atoms with Gasteiger partial charge in [-0.2, -0.15) is 5.26 Å². The van der Waals surface area contributed by atoms with E-state index in [1.54, 1.807) is 23.8 Å². The van der Waals surface area contributed by atoms with Crippen molar-refractivity contribution in [2.24, 2.45) is 5.92 Å². The van der Waals surface area contributed by atoms with Crippen molar-refractivity contribution in [3.05, 3.63) is 64.6 Å². The first-order chi connectivity index (χ1) is 13.7. The predicted octanol–water partition coefficient (Wildman–Crippen LogP) is 3.55. The number of hydrogen-bond acceptors (Lipinski definition) is 4. The summed E-state index contributed by atoms with van der Waals surface area (Å²) in [4.78, 5) is 13.2. The molecular weight excluding hydrogens is 350 g/mol. The average Bonchev–Trinajstić information content (AvgIpc) is 3.56. The number of fused-ring (bicyclic) bond motifs is 1. The molecule has 0 unspecified atom stereocenters. The van der Waals surface area contributed by atoms with Gasteiger partial charge in [-0.25, -0.2) is 0 Å². The van der Waals surface area contributed by atoms with E-state index in [1.165, 1.54) is 12.8 Å². The van der Waals surface area contributed by atoms with E-state index in [1.807, 2.05) is 36.4 Å². The third kappa shape index (κ3) is 3.51. The van der Waals surface area contributed by atoms with E-state index in [0.29, 0.717) is 29.9 Å². The molecule has 1 aromatic heterocycles. The first kappa shape index (κ1) is 18.3. The standard InChI is InChI=1S/C23H23N3O2/c1-28-18-9-10-19-20(13-18)22(17-5-3-2-4-6-17)21(14-24)26(23(19)27)12-11-25-15-16-7-8-16/h2-6,9-10,13,16,25H,7-8,11-12,15H2,1H3. The number of ether oxygens (including phenoxy) is 1. The number of hydrogen-bond donors (Lipinski definition) is 1. The van der Waals surface area contributed by atoms with Gasteiger partial charge in [0.15, 0.2) is 0 Å². The van der Waals surface area contributed by atoms with Gasteiger partial charge in [-0.05, 0) is 49.1 Å². The van der Waals surface area contributed by atoms with Gasteiger partial charge >= 0.3 is 0 Å². The van der Waals surface area contributed by atoms with Crippen molar-refractivity contribution in [2.75, 3.05) is 20.2 Å². The third-order valence-electron chi connectivity index (χ3n) is 5.29. The van der Waals surface area contributed by atoms with E-state index < -0.39 is 0 Å². The van der Waals surface area contributed by atoms with Crippen LogP contribution in [0.2, 0.25) is 0 Å². The molecule has 1 fully saturated rings. The second-order valence-corrected chi connectivity index (χ2v) is 7.22. The topological polar surface area (TPSA) is 67.0 Å². The van der Waals surface area contributed by atoms with Crippen molar-refractivity contribution < 1.29 is 4.74 Å². The molecule has 142 valence electrons. The summed E-state index contributed by atoms with van der Waals surface area (Å²) < 4.78 is 6.97. The predicted molar refractivity (Wildman–Crippen MR) is 111 cm³/mol. The molecule has 2 aromatic carbocycles. The van der Waals surface area contributed by atoms with E-state index >= 15 is 0 Å². The molecule has 0 radical (unpaired) electrons. The Bertz CT molecular complexity index is 1090. The molecule has 1 saturated carbocycles. The van der Waals surface area contributed by atoms with Crippen molar-refractivity contribution in [1.29, 1.82) is 5.26 Å². The first-order valence-electron chi connectivity index (χ1n) is 9.63. The van der Waals surface area contributed by atoms with Crippen LogP contribution >= 0.6 is 0 Å². The molecule has 1 N–H and O–H groups in total. The lowest BCUT2D eigenvalue weighted by Gasteiger charge is -2.17. The summed E-state index contributed by atoms with van der Waals surface area (Å²) in [7, 11) is 1.60. The van der Waals surface area contributed by atoms with Crippen molar-refractivity contribution in [3.8, 4) is 22.9 Å². The van der Waals surface area contributed by atoms with Crippen LogP contribution in [0.1, 0.15) is 18.5 Å². The Morgan fingerprint density at radius 1 is 1.18 bits per heavy atom. The molecular formula is C23H23N3O2.